The summed E-state index contributed by atoms with van der Waals surface area (Å²) in [4.78, 5) is 0. The second-order valence-electron chi connectivity index (χ2n) is 5.71. The van der Waals surface area contributed by atoms with Gasteiger partial charge in [0.1, 0.15) is 0 Å². The Hall–Kier alpha value is -1.34. The smallest absolute Gasteiger partial charge is 0.0892 e. The van der Waals surface area contributed by atoms with Crippen molar-refractivity contribution in [3.8, 4) is 0 Å². The zero-order valence-electron chi connectivity index (χ0n) is 13.1. The minimum absolute atomic E-state index is 0.256. The zero-order chi connectivity index (χ0) is 15.1. The molecular formula is C19H28O. The minimum atomic E-state index is -0.880. The molecule has 0 radical (unpaired) electrons. The van der Waals surface area contributed by atoms with Gasteiger partial charge in [-0.25, -0.2) is 0 Å². The van der Waals surface area contributed by atoms with Crippen molar-refractivity contribution in [1.82, 2.24) is 0 Å². The van der Waals surface area contributed by atoms with E-state index in [1.54, 1.807) is 0 Å². The summed E-state index contributed by atoms with van der Waals surface area (Å²) >= 11 is 0. The molecule has 0 heterocycles. The lowest BCUT2D eigenvalue weighted by molar-refractivity contribution is -0.00825. The molecule has 2 atom stereocenters. The van der Waals surface area contributed by atoms with Gasteiger partial charge in [0.25, 0.3) is 0 Å². The summed E-state index contributed by atoms with van der Waals surface area (Å²) in [7, 11) is 0. The SMILES string of the molecule is C=C[C@](CC)(CCCC)[C@@](C)(O)/C=C/c1ccccc1. The Morgan fingerprint density at radius 1 is 1.20 bits per heavy atom. The first-order valence-electron chi connectivity index (χ1n) is 7.61. The summed E-state index contributed by atoms with van der Waals surface area (Å²) in [5.74, 6) is 0. The maximum Gasteiger partial charge on any atom is 0.0892 e. The first-order chi connectivity index (χ1) is 9.51. The molecule has 20 heavy (non-hydrogen) atoms. The molecule has 1 rings (SSSR count). The van der Waals surface area contributed by atoms with Crippen molar-refractivity contribution in [2.45, 2.75) is 52.1 Å². The summed E-state index contributed by atoms with van der Waals surface area (Å²) in [6.45, 7) is 10.2. The highest BCUT2D eigenvalue weighted by Gasteiger charge is 2.40. The Balaban J connectivity index is 2.98. The lowest BCUT2D eigenvalue weighted by Crippen LogP contribution is -2.42. The zero-order valence-corrected chi connectivity index (χ0v) is 13.1. The van der Waals surface area contributed by atoms with Gasteiger partial charge in [0.2, 0.25) is 0 Å². The van der Waals surface area contributed by atoms with Gasteiger partial charge in [0, 0.05) is 5.41 Å². The summed E-state index contributed by atoms with van der Waals surface area (Å²) in [5, 5.41) is 11.0. The molecule has 0 aromatic heterocycles. The van der Waals surface area contributed by atoms with Crippen molar-refractivity contribution in [2.75, 3.05) is 0 Å². The van der Waals surface area contributed by atoms with Gasteiger partial charge in [-0.05, 0) is 25.3 Å². The largest absolute Gasteiger partial charge is 0.385 e. The van der Waals surface area contributed by atoms with Gasteiger partial charge in [0.15, 0.2) is 0 Å². The predicted molar refractivity (Wildman–Crippen MR) is 88.5 cm³/mol. The molecule has 0 fully saturated rings. The van der Waals surface area contributed by atoms with Crippen molar-refractivity contribution in [3.05, 3.63) is 54.6 Å². The number of unbranched alkanes of at least 4 members (excludes halogenated alkanes) is 1. The molecule has 0 aliphatic carbocycles. The van der Waals surface area contributed by atoms with Crippen LogP contribution in [0.2, 0.25) is 0 Å². The molecule has 1 heteroatoms. The monoisotopic (exact) mass is 272 g/mol. The number of benzene rings is 1. The summed E-state index contributed by atoms with van der Waals surface area (Å²) in [6, 6.07) is 10.1. The van der Waals surface area contributed by atoms with Crippen LogP contribution in [-0.4, -0.2) is 10.7 Å². The van der Waals surface area contributed by atoms with Crippen LogP contribution in [0.1, 0.15) is 52.0 Å². The quantitative estimate of drug-likeness (QED) is 0.643. The first kappa shape index (κ1) is 16.7. The maximum atomic E-state index is 11.0. The molecule has 1 nitrogen and oxygen atoms in total. The molecule has 1 aromatic carbocycles. The lowest BCUT2D eigenvalue weighted by Gasteiger charge is -2.41. The van der Waals surface area contributed by atoms with E-state index in [-0.39, 0.29) is 5.41 Å². The fraction of sp³-hybridized carbons (Fsp3) is 0.474. The fourth-order valence-electron chi connectivity index (χ4n) is 2.72. The van der Waals surface area contributed by atoms with Gasteiger partial charge < -0.3 is 5.11 Å². The van der Waals surface area contributed by atoms with Gasteiger partial charge in [-0.1, -0.05) is 75.2 Å². The van der Waals surface area contributed by atoms with Crippen LogP contribution in [0.5, 0.6) is 0 Å². The van der Waals surface area contributed by atoms with E-state index >= 15 is 0 Å². The third-order valence-corrected chi connectivity index (χ3v) is 4.41. The van der Waals surface area contributed by atoms with Crippen LogP contribution in [0.3, 0.4) is 0 Å². The van der Waals surface area contributed by atoms with Crippen LogP contribution in [0.25, 0.3) is 6.08 Å². The van der Waals surface area contributed by atoms with Gasteiger partial charge in [-0.15, -0.1) is 6.58 Å². The maximum absolute atomic E-state index is 11.0. The Morgan fingerprint density at radius 2 is 1.85 bits per heavy atom. The van der Waals surface area contributed by atoms with E-state index in [0.717, 1.165) is 31.2 Å². The van der Waals surface area contributed by atoms with Gasteiger partial charge in [0.05, 0.1) is 5.60 Å². The number of aliphatic hydroxyl groups is 1. The molecule has 0 bridgehead atoms. The number of hydrogen-bond acceptors (Lipinski definition) is 1. The fourth-order valence-corrected chi connectivity index (χ4v) is 2.72. The van der Waals surface area contributed by atoms with Crippen LogP contribution in [0.4, 0.5) is 0 Å². The second-order valence-corrected chi connectivity index (χ2v) is 5.71. The lowest BCUT2D eigenvalue weighted by atomic mass is 9.67. The Bertz CT molecular complexity index is 430. The van der Waals surface area contributed by atoms with Crippen LogP contribution in [-0.2, 0) is 0 Å². The Labute approximate surface area is 124 Å². The van der Waals surface area contributed by atoms with E-state index in [1.165, 1.54) is 0 Å². The van der Waals surface area contributed by atoms with Crippen molar-refractivity contribution < 1.29 is 5.11 Å². The van der Waals surface area contributed by atoms with Gasteiger partial charge in [-0.3, -0.25) is 0 Å². The van der Waals surface area contributed by atoms with Crippen molar-refractivity contribution >= 4 is 6.08 Å². The Morgan fingerprint density at radius 3 is 2.35 bits per heavy atom. The van der Waals surface area contributed by atoms with Crippen LogP contribution in [0.15, 0.2) is 49.1 Å². The van der Waals surface area contributed by atoms with Crippen molar-refractivity contribution in [2.24, 2.45) is 5.41 Å². The molecular weight excluding hydrogens is 244 g/mol. The van der Waals surface area contributed by atoms with E-state index < -0.39 is 5.60 Å². The second kappa shape index (κ2) is 7.44. The molecule has 0 aliphatic heterocycles. The molecule has 0 unspecified atom stereocenters. The number of rotatable bonds is 8. The van der Waals surface area contributed by atoms with E-state index in [1.807, 2.05) is 55.5 Å². The van der Waals surface area contributed by atoms with Crippen molar-refractivity contribution in [1.29, 1.82) is 0 Å². The van der Waals surface area contributed by atoms with Crippen LogP contribution in [0, 0.1) is 5.41 Å². The molecule has 0 amide bonds. The first-order valence-corrected chi connectivity index (χ1v) is 7.61. The highest BCUT2D eigenvalue weighted by atomic mass is 16.3. The highest BCUT2D eigenvalue weighted by molar-refractivity contribution is 5.50. The molecule has 110 valence electrons. The van der Waals surface area contributed by atoms with E-state index in [9.17, 15) is 5.11 Å². The van der Waals surface area contributed by atoms with Crippen LogP contribution >= 0.6 is 0 Å². The molecule has 1 N–H and O–H groups in total. The topological polar surface area (TPSA) is 20.2 Å². The molecule has 0 saturated carbocycles. The van der Waals surface area contributed by atoms with E-state index in [0.29, 0.717) is 0 Å². The minimum Gasteiger partial charge on any atom is -0.385 e. The predicted octanol–water partition coefficient (Wildman–Crippen LogP) is 5.22. The van der Waals surface area contributed by atoms with E-state index in [2.05, 4.69) is 20.4 Å². The summed E-state index contributed by atoms with van der Waals surface area (Å²) in [5.41, 5.74) is -0.0275. The molecule has 0 spiro atoms. The van der Waals surface area contributed by atoms with E-state index in [4.69, 9.17) is 0 Å². The third kappa shape index (κ3) is 3.83. The van der Waals surface area contributed by atoms with Crippen LogP contribution < -0.4 is 0 Å². The average molecular weight is 272 g/mol. The third-order valence-electron chi connectivity index (χ3n) is 4.41. The average Bonchev–Trinajstić information content (AvgIpc) is 2.48. The Kier molecular flexibility index (Phi) is 6.22. The number of hydrogen-bond donors (Lipinski definition) is 1. The standard InChI is InChI=1S/C19H28O/c1-5-8-15-19(6-2,7-3)18(4,20)16-14-17-12-10-9-11-13-17/h6,9-14,16,20H,2,5,7-8,15H2,1,3-4H3/b16-14+/t18-,19-/m0/s1. The summed E-state index contributed by atoms with van der Waals surface area (Å²) in [6.07, 6.45) is 9.96. The molecule has 1 aromatic rings. The molecule has 0 aliphatic rings. The van der Waals surface area contributed by atoms with Crippen molar-refractivity contribution in [3.63, 3.8) is 0 Å². The highest BCUT2D eigenvalue weighted by Crippen LogP contribution is 2.42. The van der Waals surface area contributed by atoms with Gasteiger partial charge >= 0.3 is 0 Å². The molecule has 0 saturated heterocycles. The normalized spacial score (nSPS) is 17.6. The van der Waals surface area contributed by atoms with Gasteiger partial charge in [-0.2, -0.15) is 0 Å². The summed E-state index contributed by atoms with van der Waals surface area (Å²) < 4.78 is 0.